The Kier molecular flexibility index (Phi) is 9.78. The molecule has 0 unspecified atom stereocenters. The van der Waals surface area contributed by atoms with Crippen molar-refractivity contribution in [2.75, 3.05) is 0 Å². The van der Waals surface area contributed by atoms with Gasteiger partial charge in [-0.3, -0.25) is 9.79 Å². The van der Waals surface area contributed by atoms with Gasteiger partial charge in [-0.25, -0.2) is 4.79 Å². The number of benzene rings is 3. The summed E-state index contributed by atoms with van der Waals surface area (Å²) in [6.45, 7) is 9.60. The lowest BCUT2D eigenvalue weighted by atomic mass is 9.89. The van der Waals surface area contributed by atoms with Crippen LogP contribution in [-0.4, -0.2) is 29.3 Å². The number of carbonyl (C=O) groups is 2. The highest BCUT2D eigenvalue weighted by molar-refractivity contribution is 6.13. The van der Waals surface area contributed by atoms with Gasteiger partial charge in [-0.1, -0.05) is 105 Å². The van der Waals surface area contributed by atoms with Crippen molar-refractivity contribution in [2.45, 2.75) is 59.3 Å². The number of nitrogens with zero attached hydrogens (tertiary/aromatic N) is 1. The summed E-state index contributed by atoms with van der Waals surface area (Å²) in [5, 5.41) is 0. The van der Waals surface area contributed by atoms with Crippen molar-refractivity contribution < 1.29 is 19.1 Å². The van der Waals surface area contributed by atoms with Gasteiger partial charge in [-0.05, 0) is 38.7 Å². The Hall–Kier alpha value is -3.73. The fourth-order valence-electron chi connectivity index (χ4n) is 4.01. The lowest BCUT2D eigenvalue weighted by molar-refractivity contribution is -0.164. The number of hydrogen-bond acceptors (Lipinski definition) is 5. The van der Waals surface area contributed by atoms with Crippen LogP contribution >= 0.6 is 0 Å². The third-order valence-corrected chi connectivity index (χ3v) is 5.64. The summed E-state index contributed by atoms with van der Waals surface area (Å²) < 4.78 is 11.5. The maximum atomic E-state index is 13.6. The smallest absolute Gasteiger partial charge is 0.332 e. The maximum absolute atomic E-state index is 13.6. The topological polar surface area (TPSA) is 65.0 Å². The molecule has 0 aromatic heterocycles. The minimum atomic E-state index is -1.07. The van der Waals surface area contributed by atoms with Crippen LogP contribution in [0.2, 0.25) is 0 Å². The second-order valence-electron chi connectivity index (χ2n) is 10.5. The van der Waals surface area contributed by atoms with E-state index in [1.54, 1.807) is 0 Å². The van der Waals surface area contributed by atoms with Crippen molar-refractivity contribution in [3.8, 4) is 0 Å². The fraction of sp³-hybridized carbons (Fsp3) is 0.344. The Morgan fingerprint density at radius 1 is 0.757 bits per heavy atom. The zero-order valence-electron chi connectivity index (χ0n) is 22.4. The molecule has 3 aromatic rings. The second-order valence-corrected chi connectivity index (χ2v) is 10.5. The van der Waals surface area contributed by atoms with E-state index >= 15 is 0 Å². The first-order chi connectivity index (χ1) is 17.6. The van der Waals surface area contributed by atoms with E-state index in [-0.39, 0.29) is 12.5 Å². The van der Waals surface area contributed by atoms with Gasteiger partial charge in [-0.2, -0.15) is 0 Å². The predicted octanol–water partition coefficient (Wildman–Crippen LogP) is 6.64. The number of hydrogen-bond donors (Lipinski definition) is 0. The normalized spacial score (nSPS) is 12.9. The van der Waals surface area contributed by atoms with Crippen LogP contribution < -0.4 is 0 Å². The Labute approximate surface area is 220 Å². The number of carbonyl (C=O) groups excluding carboxylic acids is 2. The molecule has 3 aromatic carbocycles. The summed E-state index contributed by atoms with van der Waals surface area (Å²) >= 11 is 0. The summed E-state index contributed by atoms with van der Waals surface area (Å²) in [6, 6.07) is 27.8. The summed E-state index contributed by atoms with van der Waals surface area (Å²) in [5.41, 5.74) is 2.47. The molecule has 5 heteroatoms. The second kappa shape index (κ2) is 13.0. The van der Waals surface area contributed by atoms with Crippen LogP contribution in [0.4, 0.5) is 0 Å². The standard InChI is InChI=1S/C32H37NO4/c1-23(2)21-27(30(34)36-22-24-15-9-6-10-16-24)29(31(35)37-32(3,4)5)33-28(25-17-11-7-12-18-25)26-19-13-8-14-20-26/h6-20,23,27,29H,21-22H2,1-5H3/t27-,29-/m1/s1. The fourth-order valence-corrected chi connectivity index (χ4v) is 4.01. The van der Waals surface area contributed by atoms with Gasteiger partial charge in [-0.15, -0.1) is 0 Å². The molecule has 3 rings (SSSR count). The Balaban J connectivity index is 2.07. The van der Waals surface area contributed by atoms with Crippen molar-refractivity contribution >= 4 is 17.7 Å². The minimum absolute atomic E-state index is 0.128. The molecular formula is C32H37NO4. The van der Waals surface area contributed by atoms with Gasteiger partial charge in [0.25, 0.3) is 0 Å². The summed E-state index contributed by atoms with van der Waals surface area (Å²) in [5.74, 6) is -1.68. The van der Waals surface area contributed by atoms with Crippen LogP contribution in [0.5, 0.6) is 0 Å². The predicted molar refractivity (Wildman–Crippen MR) is 147 cm³/mol. The van der Waals surface area contributed by atoms with E-state index in [1.807, 2.05) is 126 Å². The molecule has 0 aliphatic carbocycles. The highest BCUT2D eigenvalue weighted by Gasteiger charge is 2.38. The van der Waals surface area contributed by atoms with Crippen molar-refractivity contribution in [3.63, 3.8) is 0 Å². The van der Waals surface area contributed by atoms with E-state index in [9.17, 15) is 9.59 Å². The van der Waals surface area contributed by atoms with E-state index in [4.69, 9.17) is 14.5 Å². The number of esters is 2. The first kappa shape index (κ1) is 27.9. The van der Waals surface area contributed by atoms with Gasteiger partial charge in [0.05, 0.1) is 11.6 Å². The van der Waals surface area contributed by atoms with Crippen LogP contribution in [0, 0.1) is 11.8 Å². The van der Waals surface area contributed by atoms with E-state index in [1.165, 1.54) is 0 Å². The van der Waals surface area contributed by atoms with Crippen LogP contribution in [0.3, 0.4) is 0 Å². The zero-order valence-corrected chi connectivity index (χ0v) is 22.4. The van der Waals surface area contributed by atoms with Gasteiger partial charge in [0, 0.05) is 11.1 Å². The van der Waals surface area contributed by atoms with Crippen LogP contribution in [0.15, 0.2) is 96.0 Å². The van der Waals surface area contributed by atoms with Gasteiger partial charge < -0.3 is 9.47 Å². The van der Waals surface area contributed by atoms with E-state index < -0.39 is 29.5 Å². The third-order valence-electron chi connectivity index (χ3n) is 5.64. The largest absolute Gasteiger partial charge is 0.461 e. The number of ether oxygens (including phenoxy) is 2. The van der Waals surface area contributed by atoms with Gasteiger partial charge >= 0.3 is 11.9 Å². The van der Waals surface area contributed by atoms with Crippen molar-refractivity contribution in [1.82, 2.24) is 0 Å². The molecule has 0 N–H and O–H groups in total. The van der Waals surface area contributed by atoms with Gasteiger partial charge in [0.1, 0.15) is 12.2 Å². The van der Waals surface area contributed by atoms with E-state index in [0.717, 1.165) is 16.7 Å². The Morgan fingerprint density at radius 3 is 1.70 bits per heavy atom. The molecule has 0 aliphatic rings. The molecule has 0 bridgehead atoms. The molecule has 0 heterocycles. The summed E-state index contributed by atoms with van der Waals surface area (Å²) in [6.07, 6.45) is 0.428. The molecule has 0 spiro atoms. The summed E-state index contributed by atoms with van der Waals surface area (Å²) in [7, 11) is 0. The number of aliphatic imine (C=N–C) groups is 1. The van der Waals surface area contributed by atoms with Crippen molar-refractivity contribution in [1.29, 1.82) is 0 Å². The lowest BCUT2D eigenvalue weighted by Gasteiger charge is -2.28. The average Bonchev–Trinajstić information content (AvgIpc) is 2.87. The van der Waals surface area contributed by atoms with Gasteiger partial charge in [0.2, 0.25) is 0 Å². The molecule has 0 saturated carbocycles. The molecule has 0 aliphatic heterocycles. The Morgan fingerprint density at radius 2 is 1.24 bits per heavy atom. The molecular weight excluding hydrogens is 462 g/mol. The molecule has 0 saturated heterocycles. The maximum Gasteiger partial charge on any atom is 0.332 e. The molecule has 2 atom stereocenters. The SMILES string of the molecule is CC(C)C[C@@H](C(=O)OCc1ccccc1)[C@@H](N=C(c1ccccc1)c1ccccc1)C(=O)OC(C)(C)C. The first-order valence-corrected chi connectivity index (χ1v) is 12.8. The molecule has 0 amide bonds. The van der Waals surface area contributed by atoms with Crippen LogP contribution in [0.25, 0.3) is 0 Å². The Bertz CT molecular complexity index is 1120. The quantitative estimate of drug-likeness (QED) is 0.232. The van der Waals surface area contributed by atoms with Crippen molar-refractivity contribution in [2.24, 2.45) is 16.8 Å². The monoisotopic (exact) mass is 499 g/mol. The third kappa shape index (κ3) is 8.71. The van der Waals surface area contributed by atoms with E-state index in [2.05, 4.69) is 0 Å². The highest BCUT2D eigenvalue weighted by atomic mass is 16.6. The zero-order chi connectivity index (χ0) is 26.8. The van der Waals surface area contributed by atoms with E-state index in [0.29, 0.717) is 12.1 Å². The molecule has 0 radical (unpaired) electrons. The molecule has 0 fully saturated rings. The van der Waals surface area contributed by atoms with Crippen LogP contribution in [-0.2, 0) is 25.7 Å². The average molecular weight is 500 g/mol. The highest BCUT2D eigenvalue weighted by Crippen LogP contribution is 2.26. The van der Waals surface area contributed by atoms with Crippen molar-refractivity contribution in [3.05, 3.63) is 108 Å². The number of rotatable bonds is 10. The van der Waals surface area contributed by atoms with Gasteiger partial charge in [0.15, 0.2) is 6.04 Å². The molecule has 194 valence electrons. The lowest BCUT2D eigenvalue weighted by Crippen LogP contribution is -2.40. The minimum Gasteiger partial charge on any atom is -0.461 e. The molecule has 5 nitrogen and oxygen atoms in total. The first-order valence-electron chi connectivity index (χ1n) is 12.8. The summed E-state index contributed by atoms with van der Waals surface area (Å²) in [4.78, 5) is 32.1. The van der Waals surface area contributed by atoms with Crippen LogP contribution in [0.1, 0.15) is 57.7 Å². The molecule has 37 heavy (non-hydrogen) atoms.